The lowest BCUT2D eigenvalue weighted by molar-refractivity contribution is -0.111. The molecule has 2 aromatic heterocycles. The van der Waals surface area contributed by atoms with Gasteiger partial charge >= 0.3 is 0 Å². The number of aromatic nitrogens is 4. The van der Waals surface area contributed by atoms with E-state index in [-0.39, 0.29) is 11.6 Å². The molecule has 4 aromatic rings. The van der Waals surface area contributed by atoms with Crippen molar-refractivity contribution in [2.24, 2.45) is 0 Å². The molecule has 2 heterocycles. The van der Waals surface area contributed by atoms with Gasteiger partial charge in [0.2, 0.25) is 0 Å². The Morgan fingerprint density at radius 3 is 2.61 bits per heavy atom. The Labute approximate surface area is 180 Å². The Morgan fingerprint density at radius 2 is 1.87 bits per heavy atom. The highest BCUT2D eigenvalue weighted by atomic mass is 16.3. The van der Waals surface area contributed by atoms with Crippen LogP contribution in [0.3, 0.4) is 0 Å². The highest BCUT2D eigenvalue weighted by Gasteiger charge is 2.21. The second kappa shape index (κ2) is 9.21. The first kappa shape index (κ1) is 20.3. The van der Waals surface area contributed by atoms with Gasteiger partial charge in [-0.1, -0.05) is 62.4 Å². The molecule has 0 aliphatic carbocycles. The second-order valence-electron chi connectivity index (χ2n) is 7.18. The van der Waals surface area contributed by atoms with Crippen LogP contribution in [0.5, 0.6) is 0 Å². The summed E-state index contributed by atoms with van der Waals surface area (Å²) in [4.78, 5) is 13.4. The van der Waals surface area contributed by atoms with Crippen molar-refractivity contribution < 1.29 is 9.21 Å². The van der Waals surface area contributed by atoms with Crippen LogP contribution >= 0.6 is 0 Å². The number of tetrazole rings is 1. The lowest BCUT2D eigenvalue weighted by Crippen LogP contribution is -2.20. The average molecular weight is 413 g/mol. The van der Waals surface area contributed by atoms with Crippen molar-refractivity contribution in [2.75, 3.05) is 5.32 Å². The fourth-order valence-corrected chi connectivity index (χ4v) is 3.29. The van der Waals surface area contributed by atoms with Gasteiger partial charge in [-0.2, -0.15) is 4.68 Å². The van der Waals surface area contributed by atoms with Crippen molar-refractivity contribution in [1.29, 1.82) is 0 Å². The zero-order valence-corrected chi connectivity index (χ0v) is 17.4. The summed E-state index contributed by atoms with van der Waals surface area (Å²) in [6, 6.07) is 20.8. The maximum atomic E-state index is 13.4. The zero-order valence-electron chi connectivity index (χ0n) is 17.4. The third kappa shape index (κ3) is 4.45. The van der Waals surface area contributed by atoms with Gasteiger partial charge in [0, 0.05) is 17.3 Å². The predicted octanol–water partition coefficient (Wildman–Crippen LogP) is 5.08. The van der Waals surface area contributed by atoms with Crippen molar-refractivity contribution in [3.05, 3.63) is 84.3 Å². The molecule has 2 aromatic carbocycles. The highest BCUT2D eigenvalue weighted by Crippen LogP contribution is 2.28. The molecule has 156 valence electrons. The molecule has 0 fully saturated rings. The van der Waals surface area contributed by atoms with Gasteiger partial charge in [0.15, 0.2) is 5.82 Å². The van der Waals surface area contributed by atoms with Crippen molar-refractivity contribution >= 4 is 23.4 Å². The van der Waals surface area contributed by atoms with Crippen LogP contribution in [0, 0.1) is 0 Å². The number of rotatable bonds is 7. The highest BCUT2D eigenvalue weighted by molar-refractivity contribution is 6.24. The molecule has 1 unspecified atom stereocenters. The van der Waals surface area contributed by atoms with Crippen LogP contribution in [0.1, 0.15) is 37.5 Å². The van der Waals surface area contributed by atoms with E-state index in [1.54, 1.807) is 24.5 Å². The normalized spacial score (nSPS) is 12.5. The van der Waals surface area contributed by atoms with E-state index >= 15 is 0 Å². The van der Waals surface area contributed by atoms with E-state index in [0.29, 0.717) is 17.5 Å². The van der Waals surface area contributed by atoms with E-state index in [4.69, 9.17) is 4.42 Å². The fourth-order valence-electron chi connectivity index (χ4n) is 3.29. The molecule has 0 spiro atoms. The number of furan rings is 1. The summed E-state index contributed by atoms with van der Waals surface area (Å²) in [5, 5.41) is 15.1. The number of hydrogen-bond donors (Lipinski definition) is 1. The molecule has 0 aliphatic rings. The molecule has 7 nitrogen and oxygen atoms in total. The van der Waals surface area contributed by atoms with Crippen LogP contribution < -0.4 is 5.32 Å². The molecular weight excluding hydrogens is 390 g/mol. The smallest absolute Gasteiger partial charge is 0.274 e. The summed E-state index contributed by atoms with van der Waals surface area (Å²) in [5.41, 5.74) is 2.89. The van der Waals surface area contributed by atoms with Crippen LogP contribution in [-0.2, 0) is 4.79 Å². The standard InChI is InChI=1S/C24H23N5O2/c1-3-17(2)20-13-7-8-14-21(20)25-24(30)22(16-19-12-9-15-31-19)29-23(26-27-28-29)18-10-5-4-6-11-18/h4-17H,3H2,1-2H3,(H,25,30)/b22-16-. The van der Waals surface area contributed by atoms with Gasteiger partial charge in [-0.3, -0.25) is 4.79 Å². The zero-order chi connectivity index (χ0) is 21.6. The van der Waals surface area contributed by atoms with E-state index < -0.39 is 0 Å². The Morgan fingerprint density at radius 1 is 1.10 bits per heavy atom. The van der Waals surface area contributed by atoms with Gasteiger partial charge in [-0.15, -0.1) is 5.10 Å². The van der Waals surface area contributed by atoms with Crippen LogP contribution in [0.4, 0.5) is 5.69 Å². The average Bonchev–Trinajstić information content (AvgIpc) is 3.50. The number of carbonyl (C=O) groups excluding carboxylic acids is 1. The van der Waals surface area contributed by atoms with Crippen LogP contribution in [-0.4, -0.2) is 26.1 Å². The SMILES string of the molecule is CCC(C)c1ccccc1NC(=O)/C(=C/c1ccco1)n1nnnc1-c1ccccc1. The number of amides is 1. The number of nitrogens with zero attached hydrogens (tertiary/aromatic N) is 4. The fraction of sp³-hybridized carbons (Fsp3) is 0.167. The maximum absolute atomic E-state index is 13.4. The van der Waals surface area contributed by atoms with Crippen LogP contribution in [0.2, 0.25) is 0 Å². The van der Waals surface area contributed by atoms with Gasteiger partial charge in [0.25, 0.3) is 5.91 Å². The number of nitrogens with one attached hydrogen (secondary N) is 1. The van der Waals surface area contributed by atoms with E-state index in [9.17, 15) is 4.79 Å². The van der Waals surface area contributed by atoms with Crippen molar-refractivity contribution in [1.82, 2.24) is 20.2 Å². The lowest BCUT2D eigenvalue weighted by atomic mass is 9.97. The number of para-hydroxylation sites is 1. The Balaban J connectivity index is 1.75. The summed E-state index contributed by atoms with van der Waals surface area (Å²) in [5.74, 6) is 0.956. The number of carbonyl (C=O) groups is 1. The quantitative estimate of drug-likeness (QED) is 0.427. The molecule has 31 heavy (non-hydrogen) atoms. The van der Waals surface area contributed by atoms with Crippen molar-refractivity contribution in [2.45, 2.75) is 26.2 Å². The first-order chi connectivity index (χ1) is 15.2. The third-order valence-corrected chi connectivity index (χ3v) is 5.14. The molecular formula is C24H23N5O2. The lowest BCUT2D eigenvalue weighted by Gasteiger charge is -2.16. The minimum absolute atomic E-state index is 0.248. The summed E-state index contributed by atoms with van der Waals surface area (Å²) in [7, 11) is 0. The van der Waals surface area contributed by atoms with Crippen LogP contribution in [0.25, 0.3) is 23.2 Å². The monoisotopic (exact) mass is 413 g/mol. The summed E-state index contributed by atoms with van der Waals surface area (Å²) in [6.07, 6.45) is 4.15. The molecule has 1 atom stereocenters. The second-order valence-corrected chi connectivity index (χ2v) is 7.18. The Kier molecular flexibility index (Phi) is 6.03. The van der Waals surface area contributed by atoms with Gasteiger partial charge in [-0.25, -0.2) is 0 Å². The Bertz CT molecular complexity index is 1180. The van der Waals surface area contributed by atoms with E-state index in [1.165, 1.54) is 4.68 Å². The molecule has 1 N–H and O–H groups in total. The van der Waals surface area contributed by atoms with E-state index in [1.807, 2.05) is 54.6 Å². The summed E-state index contributed by atoms with van der Waals surface area (Å²) < 4.78 is 6.88. The van der Waals surface area contributed by atoms with Crippen LogP contribution in [0.15, 0.2) is 77.4 Å². The van der Waals surface area contributed by atoms with Crippen molar-refractivity contribution in [3.63, 3.8) is 0 Å². The topological polar surface area (TPSA) is 85.8 Å². The molecule has 1 amide bonds. The van der Waals surface area contributed by atoms with E-state index in [0.717, 1.165) is 23.2 Å². The van der Waals surface area contributed by atoms with E-state index in [2.05, 4.69) is 34.7 Å². The molecule has 0 radical (unpaired) electrons. The maximum Gasteiger partial charge on any atom is 0.274 e. The van der Waals surface area contributed by atoms with Gasteiger partial charge in [-0.05, 0) is 46.5 Å². The van der Waals surface area contributed by atoms with Gasteiger partial charge < -0.3 is 9.73 Å². The Hall–Kier alpha value is -4.00. The minimum Gasteiger partial charge on any atom is -0.465 e. The summed E-state index contributed by atoms with van der Waals surface area (Å²) in [6.45, 7) is 4.26. The number of hydrogen-bond acceptors (Lipinski definition) is 5. The molecule has 0 aliphatic heterocycles. The molecule has 0 saturated heterocycles. The number of anilines is 1. The van der Waals surface area contributed by atoms with Gasteiger partial charge in [0.05, 0.1) is 6.26 Å². The first-order valence-corrected chi connectivity index (χ1v) is 10.2. The third-order valence-electron chi connectivity index (χ3n) is 5.14. The molecule has 7 heteroatoms. The predicted molar refractivity (Wildman–Crippen MR) is 120 cm³/mol. The summed E-state index contributed by atoms with van der Waals surface area (Å²) >= 11 is 0. The molecule has 4 rings (SSSR count). The largest absolute Gasteiger partial charge is 0.465 e. The first-order valence-electron chi connectivity index (χ1n) is 10.2. The molecule has 0 saturated carbocycles. The molecule has 0 bridgehead atoms. The minimum atomic E-state index is -0.336. The van der Waals surface area contributed by atoms with Gasteiger partial charge in [0.1, 0.15) is 11.5 Å². The number of benzene rings is 2. The van der Waals surface area contributed by atoms with Crippen molar-refractivity contribution in [3.8, 4) is 11.4 Å².